The van der Waals surface area contributed by atoms with Crippen LogP contribution in [0.3, 0.4) is 0 Å². The maximum Gasteiger partial charge on any atom is 0.311 e. The lowest BCUT2D eigenvalue weighted by atomic mass is 9.79. The fourth-order valence-electron chi connectivity index (χ4n) is 9.54. The molecule has 0 aliphatic rings. The van der Waals surface area contributed by atoms with Gasteiger partial charge in [-0.1, -0.05) is 159 Å². The van der Waals surface area contributed by atoms with Gasteiger partial charge in [-0.3, -0.25) is 4.79 Å². The second-order valence-electron chi connectivity index (χ2n) is 19.6. The molecule has 6 nitrogen and oxygen atoms in total. The summed E-state index contributed by atoms with van der Waals surface area (Å²) in [7, 11) is -3.40. The van der Waals surface area contributed by atoms with Gasteiger partial charge in [0, 0.05) is 32.2 Å². The van der Waals surface area contributed by atoms with E-state index in [4.69, 9.17) is 23.1 Å². The van der Waals surface area contributed by atoms with Crippen LogP contribution in [0.4, 0.5) is 0 Å². The first kappa shape index (κ1) is 50.5. The van der Waals surface area contributed by atoms with E-state index in [0.29, 0.717) is 36.3 Å². The van der Waals surface area contributed by atoms with Gasteiger partial charge in [0.2, 0.25) is 0 Å². The van der Waals surface area contributed by atoms with E-state index in [2.05, 4.69) is 149 Å². The minimum atomic E-state index is -2.84. The molecule has 0 aliphatic heterocycles. The van der Waals surface area contributed by atoms with Crippen molar-refractivity contribution in [3.8, 4) is 0 Å². The molecular formula is C51H80O6Si2. The van der Waals surface area contributed by atoms with Crippen molar-refractivity contribution < 1.29 is 27.9 Å². The topological polar surface area (TPSA) is 63.2 Å². The van der Waals surface area contributed by atoms with Crippen molar-refractivity contribution in [2.24, 2.45) is 17.3 Å². The first-order valence-corrected chi connectivity index (χ1v) is 26.2. The summed E-state index contributed by atoms with van der Waals surface area (Å²) in [5, 5.41) is 2.37. The van der Waals surface area contributed by atoms with Gasteiger partial charge >= 0.3 is 5.97 Å². The summed E-state index contributed by atoms with van der Waals surface area (Å²) in [4.78, 5) is 12.9. The fourth-order valence-corrected chi connectivity index (χ4v) is 19.7. The van der Waals surface area contributed by atoms with E-state index in [0.717, 1.165) is 18.4 Å². The average molecular weight is 845 g/mol. The first-order valence-electron chi connectivity index (χ1n) is 22.1. The van der Waals surface area contributed by atoms with Gasteiger partial charge in [-0.2, -0.15) is 0 Å². The lowest BCUT2D eigenvalue weighted by molar-refractivity contribution is -0.156. The largest absolute Gasteiger partial charge is 0.465 e. The molecule has 0 saturated heterocycles. The SMILES string of the molecule is C=CC[C@@H](C[C@H](C)O[Si](c1ccccc1)(c1ccccc1)C(C)(C)C)[C@@H](CO[Si](C(C)C)(C(C)C)C(C)C)[C@@H](OCc1ccccc1)[C@@H](CCOC(=O)C(C)(C)C)OC. The number of rotatable bonds is 24. The Morgan fingerprint density at radius 3 is 1.66 bits per heavy atom. The Labute approximate surface area is 362 Å². The van der Waals surface area contributed by atoms with Crippen LogP contribution >= 0.6 is 0 Å². The molecule has 8 heteroatoms. The predicted molar refractivity (Wildman–Crippen MR) is 252 cm³/mol. The monoisotopic (exact) mass is 845 g/mol. The highest BCUT2D eigenvalue weighted by Gasteiger charge is 2.52. The van der Waals surface area contributed by atoms with E-state index < -0.39 is 22.0 Å². The van der Waals surface area contributed by atoms with Crippen LogP contribution in [-0.4, -0.2) is 61.2 Å². The summed E-state index contributed by atoms with van der Waals surface area (Å²) in [6.07, 6.45) is 3.20. The van der Waals surface area contributed by atoms with Crippen LogP contribution in [-0.2, 0) is 34.5 Å². The fraction of sp³-hybridized carbons (Fsp3) is 0.588. The van der Waals surface area contributed by atoms with Gasteiger partial charge in [0.25, 0.3) is 8.32 Å². The maximum absolute atomic E-state index is 12.9. The van der Waals surface area contributed by atoms with E-state index in [-0.39, 0.29) is 47.8 Å². The molecule has 0 unspecified atom stereocenters. The quantitative estimate of drug-likeness (QED) is 0.0508. The highest BCUT2D eigenvalue weighted by molar-refractivity contribution is 6.99. The molecule has 328 valence electrons. The molecule has 5 atom stereocenters. The summed E-state index contributed by atoms with van der Waals surface area (Å²) >= 11 is 0. The van der Waals surface area contributed by atoms with Gasteiger partial charge < -0.3 is 23.1 Å². The van der Waals surface area contributed by atoms with E-state index in [9.17, 15) is 4.79 Å². The molecule has 0 saturated carbocycles. The number of methoxy groups -OCH3 is 1. The molecular weight excluding hydrogens is 765 g/mol. The summed E-state index contributed by atoms with van der Waals surface area (Å²) in [6.45, 7) is 34.4. The van der Waals surface area contributed by atoms with Crippen molar-refractivity contribution in [2.75, 3.05) is 20.3 Å². The maximum atomic E-state index is 12.9. The second-order valence-corrected chi connectivity index (χ2v) is 29.3. The number of hydrogen-bond donors (Lipinski definition) is 0. The number of ether oxygens (including phenoxy) is 3. The van der Waals surface area contributed by atoms with Crippen LogP contribution in [0.5, 0.6) is 0 Å². The average Bonchev–Trinajstić information content (AvgIpc) is 3.18. The number of allylic oxidation sites excluding steroid dienone is 1. The number of benzene rings is 3. The van der Waals surface area contributed by atoms with Crippen LogP contribution in [0.15, 0.2) is 104 Å². The Hall–Kier alpha value is -2.86. The van der Waals surface area contributed by atoms with Gasteiger partial charge in [-0.15, -0.1) is 6.58 Å². The Morgan fingerprint density at radius 2 is 1.24 bits per heavy atom. The van der Waals surface area contributed by atoms with E-state index in [1.54, 1.807) is 7.11 Å². The van der Waals surface area contributed by atoms with Crippen LogP contribution in [0.25, 0.3) is 0 Å². The van der Waals surface area contributed by atoms with Gasteiger partial charge in [0.05, 0.1) is 30.8 Å². The molecule has 0 radical (unpaired) electrons. The van der Waals surface area contributed by atoms with Crippen molar-refractivity contribution in [2.45, 2.75) is 156 Å². The van der Waals surface area contributed by atoms with Crippen molar-refractivity contribution in [3.05, 3.63) is 109 Å². The highest BCUT2D eigenvalue weighted by atomic mass is 28.4. The molecule has 0 N–H and O–H groups in total. The minimum absolute atomic E-state index is 0.0782. The van der Waals surface area contributed by atoms with Crippen LogP contribution in [0.1, 0.15) is 115 Å². The van der Waals surface area contributed by atoms with Crippen molar-refractivity contribution in [1.82, 2.24) is 0 Å². The van der Waals surface area contributed by atoms with Gasteiger partial charge in [-0.05, 0) is 84.1 Å². The Morgan fingerprint density at radius 1 is 0.746 bits per heavy atom. The molecule has 0 amide bonds. The van der Waals surface area contributed by atoms with Crippen molar-refractivity contribution in [1.29, 1.82) is 0 Å². The Kier molecular flexibility index (Phi) is 19.5. The lowest BCUT2D eigenvalue weighted by Gasteiger charge is -2.47. The van der Waals surface area contributed by atoms with Crippen molar-refractivity contribution >= 4 is 33.0 Å². The summed E-state index contributed by atoms with van der Waals surface area (Å²) < 4.78 is 34.6. The highest BCUT2D eigenvalue weighted by Crippen LogP contribution is 2.44. The molecule has 3 aromatic rings. The molecule has 0 fully saturated rings. The minimum Gasteiger partial charge on any atom is -0.465 e. The van der Waals surface area contributed by atoms with Crippen LogP contribution in [0.2, 0.25) is 21.7 Å². The second kappa shape index (κ2) is 22.8. The molecule has 3 aromatic carbocycles. The molecule has 0 bridgehead atoms. The molecule has 3 rings (SSSR count). The molecule has 0 aliphatic carbocycles. The zero-order valence-electron chi connectivity index (χ0n) is 39.3. The third-order valence-corrected chi connectivity index (χ3v) is 23.6. The van der Waals surface area contributed by atoms with Gasteiger partial charge in [0.15, 0.2) is 8.32 Å². The van der Waals surface area contributed by atoms with Gasteiger partial charge in [0.1, 0.15) is 0 Å². The standard InChI is InChI=1S/C51H80O6Si2/c1-16-26-43(35-41(8)57-59(51(12,13)14,44-29-22-18-23-30-44)45-31-24-19-25-32-45)46(37-56-58(38(2)3,39(4)5)40(6)7)48(55-36-42-27-20-17-21-28-42)47(53-15)33-34-54-49(52)50(9,10)11/h16-25,27-32,38-41,43,46-48H,1,26,33-37H2,2-15H3/t41-,43-,46+,47+,48+/m0/s1. The Bertz CT molecular complexity index is 1590. The van der Waals surface area contributed by atoms with E-state index in [1.165, 1.54) is 10.4 Å². The summed E-state index contributed by atoms with van der Waals surface area (Å²) in [6, 6.07) is 32.1. The number of esters is 1. The third-order valence-electron chi connectivity index (χ3n) is 12.4. The van der Waals surface area contributed by atoms with Crippen molar-refractivity contribution in [3.63, 3.8) is 0 Å². The third kappa shape index (κ3) is 13.1. The normalized spacial score (nSPS) is 15.5. The molecule has 0 heterocycles. The van der Waals surface area contributed by atoms with Gasteiger partial charge in [-0.25, -0.2) is 0 Å². The Balaban J connectivity index is 2.20. The summed E-state index contributed by atoms with van der Waals surface area (Å²) in [5.41, 5.74) is 1.73. The number of hydrogen-bond acceptors (Lipinski definition) is 6. The molecule has 59 heavy (non-hydrogen) atoms. The van der Waals surface area contributed by atoms with E-state index >= 15 is 0 Å². The smallest absolute Gasteiger partial charge is 0.311 e. The number of carbonyl (C=O) groups excluding carboxylic acids is 1. The zero-order valence-corrected chi connectivity index (χ0v) is 41.3. The van der Waals surface area contributed by atoms with Crippen LogP contribution < -0.4 is 10.4 Å². The van der Waals surface area contributed by atoms with Crippen LogP contribution in [0, 0.1) is 17.3 Å². The predicted octanol–water partition coefficient (Wildman–Crippen LogP) is 11.9. The number of carbonyl (C=O) groups is 1. The zero-order chi connectivity index (χ0) is 44.0. The lowest BCUT2D eigenvalue weighted by Crippen LogP contribution is -2.67. The molecule has 0 aromatic heterocycles. The van der Waals surface area contributed by atoms with E-state index in [1.807, 2.05) is 45.0 Å². The first-order chi connectivity index (χ1) is 27.8. The summed E-state index contributed by atoms with van der Waals surface area (Å²) in [5.74, 6) is -0.239. The molecule has 0 spiro atoms.